The zero-order chi connectivity index (χ0) is 19.4. The maximum absolute atomic E-state index is 6.19. The molecular formula is C19H18Cl3N3OS. The molecule has 0 saturated carbocycles. The summed E-state index contributed by atoms with van der Waals surface area (Å²) < 4.78 is 7.89. The van der Waals surface area contributed by atoms with Crippen molar-refractivity contribution in [3.8, 4) is 5.75 Å². The summed E-state index contributed by atoms with van der Waals surface area (Å²) >= 11 is 19.8. The number of halogens is 3. The number of nitrogens with zero attached hydrogens (tertiary/aromatic N) is 3. The normalized spacial score (nSPS) is 11.0. The first-order chi connectivity index (χ1) is 13.0. The highest BCUT2D eigenvalue weighted by Crippen LogP contribution is 2.28. The predicted molar refractivity (Wildman–Crippen MR) is 112 cm³/mol. The quantitative estimate of drug-likeness (QED) is 0.395. The molecule has 0 aliphatic carbocycles. The van der Waals surface area contributed by atoms with Crippen LogP contribution < -0.4 is 4.74 Å². The Morgan fingerprint density at radius 1 is 1.00 bits per heavy atom. The highest BCUT2D eigenvalue weighted by molar-refractivity contribution is 7.98. The first-order valence-corrected chi connectivity index (χ1v) is 10.5. The van der Waals surface area contributed by atoms with Crippen LogP contribution in [-0.4, -0.2) is 14.8 Å². The van der Waals surface area contributed by atoms with E-state index in [9.17, 15) is 0 Å². The van der Waals surface area contributed by atoms with Gasteiger partial charge in [0.15, 0.2) is 11.0 Å². The van der Waals surface area contributed by atoms with Crippen molar-refractivity contribution in [2.75, 3.05) is 0 Å². The fourth-order valence-corrected chi connectivity index (χ4v) is 3.95. The number of benzene rings is 2. The minimum Gasteiger partial charge on any atom is -0.484 e. The van der Waals surface area contributed by atoms with Crippen molar-refractivity contribution in [2.45, 2.75) is 37.9 Å². The molecule has 0 unspecified atom stereocenters. The van der Waals surface area contributed by atoms with Crippen molar-refractivity contribution >= 4 is 46.6 Å². The molecule has 8 heteroatoms. The Kier molecular flexibility index (Phi) is 6.93. The molecule has 0 spiro atoms. The molecule has 0 aliphatic rings. The van der Waals surface area contributed by atoms with Crippen molar-refractivity contribution in [1.82, 2.24) is 14.8 Å². The molecule has 1 heterocycles. The number of thioether (sulfide) groups is 1. The number of aromatic nitrogens is 3. The van der Waals surface area contributed by atoms with Gasteiger partial charge >= 0.3 is 0 Å². The third kappa shape index (κ3) is 5.11. The summed E-state index contributed by atoms with van der Waals surface area (Å²) in [5.74, 6) is 2.12. The van der Waals surface area contributed by atoms with Crippen LogP contribution in [0.3, 0.4) is 0 Å². The first kappa shape index (κ1) is 20.3. The van der Waals surface area contributed by atoms with Gasteiger partial charge in [-0.05, 0) is 49.2 Å². The monoisotopic (exact) mass is 441 g/mol. The largest absolute Gasteiger partial charge is 0.484 e. The maximum atomic E-state index is 6.19. The van der Waals surface area contributed by atoms with E-state index in [2.05, 4.69) is 17.1 Å². The zero-order valence-corrected chi connectivity index (χ0v) is 18.0. The molecule has 3 rings (SSSR count). The minimum atomic E-state index is 0.303. The summed E-state index contributed by atoms with van der Waals surface area (Å²) in [6, 6.07) is 11.3. The fourth-order valence-electron chi connectivity index (χ4n) is 2.49. The highest BCUT2D eigenvalue weighted by atomic mass is 35.5. The van der Waals surface area contributed by atoms with E-state index < -0.39 is 0 Å². The number of aryl methyl sites for hydroxylation is 1. The Labute approximate surface area is 177 Å². The summed E-state index contributed by atoms with van der Waals surface area (Å²) in [6.07, 6.45) is 0. The zero-order valence-electron chi connectivity index (χ0n) is 14.9. The Balaban J connectivity index is 1.68. The molecule has 4 nitrogen and oxygen atoms in total. The molecule has 142 valence electrons. The minimum absolute atomic E-state index is 0.303. The number of hydrogen-bond donors (Lipinski definition) is 0. The Morgan fingerprint density at radius 3 is 2.52 bits per heavy atom. The third-order valence-electron chi connectivity index (χ3n) is 3.91. The van der Waals surface area contributed by atoms with Gasteiger partial charge in [-0.2, -0.15) is 0 Å². The van der Waals surface area contributed by atoms with Gasteiger partial charge in [0.2, 0.25) is 0 Å². The molecule has 1 aromatic heterocycles. The van der Waals surface area contributed by atoms with Gasteiger partial charge in [0.05, 0.1) is 15.1 Å². The molecule has 0 amide bonds. The second-order valence-corrected chi connectivity index (χ2v) is 8.07. The van der Waals surface area contributed by atoms with Crippen LogP contribution >= 0.6 is 46.6 Å². The average Bonchev–Trinajstić information content (AvgIpc) is 3.05. The Morgan fingerprint density at radius 2 is 1.78 bits per heavy atom. The van der Waals surface area contributed by atoms with Gasteiger partial charge in [0.1, 0.15) is 12.4 Å². The topological polar surface area (TPSA) is 39.9 Å². The lowest BCUT2D eigenvalue weighted by molar-refractivity contribution is 0.288. The van der Waals surface area contributed by atoms with Crippen molar-refractivity contribution in [3.63, 3.8) is 0 Å². The van der Waals surface area contributed by atoms with Gasteiger partial charge in [-0.3, -0.25) is 0 Å². The van der Waals surface area contributed by atoms with Crippen LogP contribution in [0, 0.1) is 6.92 Å². The molecule has 27 heavy (non-hydrogen) atoms. The van der Waals surface area contributed by atoms with E-state index >= 15 is 0 Å². The molecule has 0 N–H and O–H groups in total. The first-order valence-electron chi connectivity index (χ1n) is 8.35. The van der Waals surface area contributed by atoms with Gasteiger partial charge in [-0.15, -0.1) is 10.2 Å². The summed E-state index contributed by atoms with van der Waals surface area (Å²) in [6.45, 7) is 5.10. The van der Waals surface area contributed by atoms with Gasteiger partial charge in [-0.1, -0.05) is 58.7 Å². The van der Waals surface area contributed by atoms with Crippen LogP contribution in [-0.2, 0) is 18.9 Å². The van der Waals surface area contributed by atoms with E-state index in [1.807, 2.05) is 41.8 Å². The summed E-state index contributed by atoms with van der Waals surface area (Å²) in [5.41, 5.74) is 2.16. The smallest absolute Gasteiger partial charge is 0.191 e. The molecule has 0 fully saturated rings. The molecule has 2 aromatic carbocycles. The summed E-state index contributed by atoms with van der Waals surface area (Å²) in [4.78, 5) is 0. The number of ether oxygens (including phenoxy) is 1. The van der Waals surface area contributed by atoms with E-state index in [1.165, 1.54) is 0 Å². The third-order valence-corrected chi connectivity index (χ3v) is 5.99. The fraction of sp³-hybridized carbons (Fsp3) is 0.263. The molecule has 0 radical (unpaired) electrons. The lowest BCUT2D eigenvalue weighted by Crippen LogP contribution is -2.07. The SMILES string of the molecule is CCn1c(COc2cc(C)ccc2Cl)nnc1SCc1ccc(Cl)c(Cl)c1. The highest BCUT2D eigenvalue weighted by Gasteiger charge is 2.13. The van der Waals surface area contributed by atoms with Crippen LogP contribution in [0.5, 0.6) is 5.75 Å². The van der Waals surface area contributed by atoms with Gasteiger partial charge in [-0.25, -0.2) is 0 Å². The lowest BCUT2D eigenvalue weighted by atomic mass is 10.2. The van der Waals surface area contributed by atoms with Crippen LogP contribution in [0.25, 0.3) is 0 Å². The van der Waals surface area contributed by atoms with Crippen molar-refractivity contribution in [1.29, 1.82) is 0 Å². The molecule has 3 aromatic rings. The molecule has 0 aliphatic heterocycles. The molecule has 0 bridgehead atoms. The second-order valence-electron chi connectivity index (χ2n) is 5.90. The summed E-state index contributed by atoms with van der Waals surface area (Å²) in [5, 5.41) is 11.1. The molecule has 0 saturated heterocycles. The van der Waals surface area contributed by atoms with E-state index in [-0.39, 0.29) is 0 Å². The number of rotatable bonds is 7. The van der Waals surface area contributed by atoms with Gasteiger partial charge in [0.25, 0.3) is 0 Å². The summed E-state index contributed by atoms with van der Waals surface area (Å²) in [7, 11) is 0. The predicted octanol–water partition coefficient (Wildman–Crippen LogP) is 6.44. The van der Waals surface area contributed by atoms with E-state index in [0.29, 0.717) is 27.4 Å². The van der Waals surface area contributed by atoms with Crippen molar-refractivity contribution in [3.05, 3.63) is 68.4 Å². The van der Waals surface area contributed by atoms with Gasteiger partial charge < -0.3 is 9.30 Å². The van der Waals surface area contributed by atoms with Crippen LogP contribution in [0.15, 0.2) is 41.6 Å². The standard InChI is InChI=1S/C19H18Cl3N3OS/c1-3-25-18(10-26-17-8-12(2)4-6-15(17)21)23-24-19(25)27-11-13-5-7-14(20)16(22)9-13/h4-9H,3,10-11H2,1-2H3. The van der Waals surface area contributed by atoms with E-state index in [1.54, 1.807) is 17.8 Å². The van der Waals surface area contributed by atoms with Crippen molar-refractivity contribution in [2.24, 2.45) is 0 Å². The van der Waals surface area contributed by atoms with Crippen LogP contribution in [0.2, 0.25) is 15.1 Å². The lowest BCUT2D eigenvalue weighted by Gasteiger charge is -2.10. The molecule has 0 atom stereocenters. The Hall–Kier alpha value is -1.40. The van der Waals surface area contributed by atoms with Crippen LogP contribution in [0.1, 0.15) is 23.9 Å². The van der Waals surface area contributed by atoms with Gasteiger partial charge in [0, 0.05) is 12.3 Å². The van der Waals surface area contributed by atoms with E-state index in [4.69, 9.17) is 39.5 Å². The number of hydrogen-bond acceptors (Lipinski definition) is 4. The average molecular weight is 443 g/mol. The Bertz CT molecular complexity index is 946. The van der Waals surface area contributed by atoms with Crippen LogP contribution in [0.4, 0.5) is 0 Å². The van der Waals surface area contributed by atoms with E-state index in [0.717, 1.165) is 34.4 Å². The maximum Gasteiger partial charge on any atom is 0.191 e. The molecular weight excluding hydrogens is 425 g/mol. The second kappa shape index (κ2) is 9.20. The van der Waals surface area contributed by atoms with Crippen molar-refractivity contribution < 1.29 is 4.74 Å².